The van der Waals surface area contributed by atoms with Gasteiger partial charge >= 0.3 is 0 Å². The lowest BCUT2D eigenvalue weighted by atomic mass is 9.95. The number of carbonyl (C=O) groups excluding carboxylic acids is 2. The second-order valence-electron chi connectivity index (χ2n) is 6.92. The molecule has 0 spiro atoms. The number of benzene rings is 1. The maximum Gasteiger partial charge on any atom is 0.295 e. The van der Waals surface area contributed by atoms with E-state index in [1.54, 1.807) is 43.5 Å². The first-order chi connectivity index (χ1) is 13.9. The van der Waals surface area contributed by atoms with Crippen LogP contribution in [0, 0.1) is 0 Å². The van der Waals surface area contributed by atoms with Crippen LogP contribution < -0.4 is 4.74 Å². The van der Waals surface area contributed by atoms with Crippen molar-refractivity contribution in [2.75, 3.05) is 20.3 Å². The average Bonchev–Trinajstić information content (AvgIpc) is 2.98. The average molecular weight is 396 g/mol. The third kappa shape index (κ3) is 4.30. The van der Waals surface area contributed by atoms with Gasteiger partial charge in [0, 0.05) is 24.5 Å². The number of rotatable bonds is 7. The number of carbonyl (C=O) groups is 2. The van der Waals surface area contributed by atoms with Gasteiger partial charge in [0.2, 0.25) is 0 Å². The van der Waals surface area contributed by atoms with Crippen LogP contribution in [0.2, 0.25) is 0 Å². The minimum absolute atomic E-state index is 0.00285. The van der Waals surface area contributed by atoms with Gasteiger partial charge < -0.3 is 19.5 Å². The molecule has 0 aliphatic carbocycles. The first kappa shape index (κ1) is 20.5. The normalized spacial score (nSPS) is 18.5. The molecule has 1 amide bonds. The number of hydrogen-bond acceptors (Lipinski definition) is 6. The molecular weight excluding hydrogens is 372 g/mol. The van der Waals surface area contributed by atoms with E-state index in [0.29, 0.717) is 16.9 Å². The van der Waals surface area contributed by atoms with Gasteiger partial charge in [-0.2, -0.15) is 0 Å². The highest BCUT2D eigenvalue weighted by Gasteiger charge is 2.45. The standard InChI is InChI=1S/C22H24N2O5/c1-14(2)29-13-12-24-19(15-4-6-17(28-3)7-5-15)18(21(26)22(24)27)20(25)16-8-10-23-11-9-16/h4-11,14,19,25H,12-13H2,1-3H3/b20-18-. The number of aliphatic hydroxyl groups is 1. The molecule has 0 bridgehead atoms. The van der Waals surface area contributed by atoms with Crippen LogP contribution in [0.25, 0.3) is 5.76 Å². The maximum atomic E-state index is 12.8. The van der Waals surface area contributed by atoms with Gasteiger partial charge in [-0.1, -0.05) is 12.1 Å². The van der Waals surface area contributed by atoms with Gasteiger partial charge in [-0.05, 0) is 43.7 Å². The first-order valence-corrected chi connectivity index (χ1v) is 9.38. The molecular formula is C22H24N2O5. The predicted molar refractivity (Wildman–Crippen MR) is 107 cm³/mol. The summed E-state index contributed by atoms with van der Waals surface area (Å²) in [6, 6.07) is 9.55. The van der Waals surface area contributed by atoms with Gasteiger partial charge in [0.25, 0.3) is 11.7 Å². The fourth-order valence-corrected chi connectivity index (χ4v) is 3.30. The molecule has 2 heterocycles. The number of nitrogens with zero attached hydrogens (tertiary/aromatic N) is 2. The van der Waals surface area contributed by atoms with Crippen molar-refractivity contribution in [3.63, 3.8) is 0 Å². The van der Waals surface area contributed by atoms with Crippen LogP contribution in [0.3, 0.4) is 0 Å². The Morgan fingerprint density at radius 1 is 1.14 bits per heavy atom. The SMILES string of the molecule is COc1ccc(C2/C(=C(/O)c3ccncc3)C(=O)C(=O)N2CCOC(C)C)cc1. The van der Waals surface area contributed by atoms with E-state index in [2.05, 4.69) is 4.98 Å². The van der Waals surface area contributed by atoms with Gasteiger partial charge in [-0.25, -0.2) is 0 Å². The quantitative estimate of drug-likeness (QED) is 0.440. The summed E-state index contributed by atoms with van der Waals surface area (Å²) in [6.45, 7) is 4.32. The molecule has 1 aliphatic heterocycles. The van der Waals surface area contributed by atoms with Crippen LogP contribution in [-0.2, 0) is 14.3 Å². The highest BCUT2D eigenvalue weighted by atomic mass is 16.5. The van der Waals surface area contributed by atoms with Crippen molar-refractivity contribution in [2.24, 2.45) is 0 Å². The Morgan fingerprint density at radius 3 is 2.38 bits per heavy atom. The summed E-state index contributed by atoms with van der Waals surface area (Å²) >= 11 is 0. The van der Waals surface area contributed by atoms with Gasteiger partial charge in [-0.3, -0.25) is 14.6 Å². The van der Waals surface area contributed by atoms with Crippen LogP contribution in [0.4, 0.5) is 0 Å². The number of aliphatic hydroxyl groups excluding tert-OH is 1. The van der Waals surface area contributed by atoms with Crippen molar-refractivity contribution in [3.8, 4) is 5.75 Å². The minimum atomic E-state index is -0.718. The van der Waals surface area contributed by atoms with E-state index < -0.39 is 17.7 Å². The summed E-state index contributed by atoms with van der Waals surface area (Å²) in [5.41, 5.74) is 1.18. The number of aromatic nitrogens is 1. The van der Waals surface area contributed by atoms with E-state index in [1.165, 1.54) is 17.3 Å². The number of Topliss-reactive ketones (excluding diaryl/α,β-unsaturated/α-hetero) is 1. The van der Waals surface area contributed by atoms with Crippen molar-refractivity contribution in [1.29, 1.82) is 0 Å². The Bertz CT molecular complexity index is 907. The fraction of sp³-hybridized carbons (Fsp3) is 0.318. The number of hydrogen-bond donors (Lipinski definition) is 1. The zero-order valence-electron chi connectivity index (χ0n) is 16.7. The second kappa shape index (κ2) is 8.87. The molecule has 0 saturated carbocycles. The zero-order valence-corrected chi connectivity index (χ0v) is 16.7. The van der Waals surface area contributed by atoms with Gasteiger partial charge in [0.1, 0.15) is 11.5 Å². The van der Waals surface area contributed by atoms with Crippen molar-refractivity contribution in [1.82, 2.24) is 9.88 Å². The third-order valence-corrected chi connectivity index (χ3v) is 4.71. The third-order valence-electron chi connectivity index (χ3n) is 4.71. The van der Waals surface area contributed by atoms with E-state index in [0.717, 1.165) is 0 Å². The smallest absolute Gasteiger partial charge is 0.295 e. The number of ether oxygens (including phenoxy) is 2. The second-order valence-corrected chi connectivity index (χ2v) is 6.92. The van der Waals surface area contributed by atoms with Crippen molar-refractivity contribution in [2.45, 2.75) is 26.0 Å². The molecule has 152 valence electrons. The monoisotopic (exact) mass is 396 g/mol. The number of amides is 1. The lowest BCUT2D eigenvalue weighted by molar-refractivity contribution is -0.140. The molecule has 1 atom stereocenters. The van der Waals surface area contributed by atoms with E-state index in [1.807, 2.05) is 13.8 Å². The molecule has 0 radical (unpaired) electrons. The Balaban J connectivity index is 2.06. The summed E-state index contributed by atoms with van der Waals surface area (Å²) in [5, 5.41) is 10.9. The molecule has 1 fully saturated rings. The van der Waals surface area contributed by atoms with Crippen LogP contribution in [-0.4, -0.2) is 53.0 Å². The van der Waals surface area contributed by atoms with Crippen LogP contribution in [0.5, 0.6) is 5.75 Å². The number of ketones is 1. The lowest BCUT2D eigenvalue weighted by Gasteiger charge is -2.25. The van der Waals surface area contributed by atoms with E-state index in [4.69, 9.17) is 9.47 Å². The van der Waals surface area contributed by atoms with E-state index in [9.17, 15) is 14.7 Å². The molecule has 1 aromatic heterocycles. The Hall–Kier alpha value is -3.19. The van der Waals surface area contributed by atoms with Crippen molar-refractivity contribution < 1.29 is 24.2 Å². The molecule has 7 heteroatoms. The molecule has 3 rings (SSSR count). The molecule has 1 N–H and O–H groups in total. The Morgan fingerprint density at radius 2 is 1.79 bits per heavy atom. The van der Waals surface area contributed by atoms with Crippen LogP contribution in [0.1, 0.15) is 31.0 Å². The summed E-state index contributed by atoms with van der Waals surface area (Å²) in [4.78, 5) is 31.0. The first-order valence-electron chi connectivity index (χ1n) is 9.38. The number of methoxy groups -OCH3 is 1. The summed E-state index contributed by atoms with van der Waals surface area (Å²) < 4.78 is 10.8. The minimum Gasteiger partial charge on any atom is -0.507 e. The molecule has 7 nitrogen and oxygen atoms in total. The summed E-state index contributed by atoms with van der Waals surface area (Å²) in [7, 11) is 1.56. The van der Waals surface area contributed by atoms with Crippen molar-refractivity contribution >= 4 is 17.4 Å². The molecule has 1 aromatic carbocycles. The van der Waals surface area contributed by atoms with Crippen LogP contribution in [0.15, 0.2) is 54.4 Å². The Labute approximate surface area is 169 Å². The van der Waals surface area contributed by atoms with E-state index in [-0.39, 0.29) is 30.6 Å². The van der Waals surface area contributed by atoms with Gasteiger partial charge in [-0.15, -0.1) is 0 Å². The molecule has 1 saturated heterocycles. The fourth-order valence-electron chi connectivity index (χ4n) is 3.30. The molecule has 29 heavy (non-hydrogen) atoms. The maximum absolute atomic E-state index is 12.8. The summed E-state index contributed by atoms with van der Waals surface area (Å²) in [6.07, 6.45) is 3.04. The molecule has 1 unspecified atom stereocenters. The highest BCUT2D eigenvalue weighted by molar-refractivity contribution is 6.46. The largest absolute Gasteiger partial charge is 0.507 e. The zero-order chi connectivity index (χ0) is 21.0. The van der Waals surface area contributed by atoms with Gasteiger partial charge in [0.05, 0.1) is 31.4 Å². The molecule has 2 aromatic rings. The predicted octanol–water partition coefficient (Wildman–Crippen LogP) is 2.94. The molecule has 1 aliphatic rings. The van der Waals surface area contributed by atoms with Crippen molar-refractivity contribution in [3.05, 3.63) is 65.5 Å². The number of pyridine rings is 1. The Kier molecular flexibility index (Phi) is 6.29. The van der Waals surface area contributed by atoms with E-state index >= 15 is 0 Å². The highest BCUT2D eigenvalue weighted by Crippen LogP contribution is 2.39. The lowest BCUT2D eigenvalue weighted by Crippen LogP contribution is -2.33. The topological polar surface area (TPSA) is 89.0 Å². The van der Waals surface area contributed by atoms with Gasteiger partial charge in [0.15, 0.2) is 0 Å². The van der Waals surface area contributed by atoms with Crippen LogP contribution >= 0.6 is 0 Å². The summed E-state index contributed by atoms with van der Waals surface area (Å²) in [5.74, 6) is -0.944. The number of likely N-dealkylation sites (tertiary alicyclic amines) is 1.